The molecular weight excluding hydrogens is 237 g/mol. The van der Waals surface area contributed by atoms with Crippen molar-refractivity contribution in [1.29, 1.82) is 0 Å². The molecule has 0 bridgehead atoms. The normalized spacial score (nSPS) is 9.67. The summed E-state index contributed by atoms with van der Waals surface area (Å²) in [6.45, 7) is 4.84. The van der Waals surface area contributed by atoms with Crippen LogP contribution in [-0.2, 0) is 4.79 Å². The van der Waals surface area contributed by atoms with Crippen LogP contribution in [0.25, 0.3) is 0 Å². The first-order valence-electron chi connectivity index (χ1n) is 5.35. The van der Waals surface area contributed by atoms with Gasteiger partial charge in [-0.15, -0.1) is 6.58 Å². The fourth-order valence-electron chi connectivity index (χ4n) is 1.29. The lowest BCUT2D eigenvalue weighted by molar-refractivity contribution is -0.122. The highest BCUT2D eigenvalue weighted by atomic mass is 19.1. The van der Waals surface area contributed by atoms with E-state index in [0.29, 0.717) is 6.54 Å². The standard InChI is InChI=1S/C13H14FNO3/c1-3-6-15-13(17)8-18-12-7-10(14)4-5-11(12)9(2)16/h3-5,7H,1,6,8H2,2H3,(H,15,17). The Kier molecular flexibility index (Phi) is 5.05. The molecule has 1 N–H and O–H groups in total. The Morgan fingerprint density at radius 1 is 1.50 bits per heavy atom. The van der Waals surface area contributed by atoms with E-state index < -0.39 is 5.82 Å². The zero-order valence-corrected chi connectivity index (χ0v) is 10.0. The second-order valence-corrected chi connectivity index (χ2v) is 3.58. The van der Waals surface area contributed by atoms with Crippen LogP contribution < -0.4 is 10.1 Å². The van der Waals surface area contributed by atoms with Gasteiger partial charge in [-0.25, -0.2) is 4.39 Å². The molecule has 1 amide bonds. The van der Waals surface area contributed by atoms with E-state index in [-0.39, 0.29) is 29.6 Å². The Hall–Kier alpha value is -2.17. The summed E-state index contributed by atoms with van der Waals surface area (Å²) in [6.07, 6.45) is 1.53. The van der Waals surface area contributed by atoms with Gasteiger partial charge in [0.15, 0.2) is 12.4 Å². The van der Waals surface area contributed by atoms with Gasteiger partial charge in [0.25, 0.3) is 5.91 Å². The zero-order valence-electron chi connectivity index (χ0n) is 10.0. The Labute approximate surface area is 104 Å². The highest BCUT2D eigenvalue weighted by Gasteiger charge is 2.11. The third-order valence-electron chi connectivity index (χ3n) is 2.13. The number of hydrogen-bond acceptors (Lipinski definition) is 3. The molecule has 18 heavy (non-hydrogen) atoms. The summed E-state index contributed by atoms with van der Waals surface area (Å²) < 4.78 is 18.2. The lowest BCUT2D eigenvalue weighted by Gasteiger charge is -2.09. The summed E-state index contributed by atoms with van der Waals surface area (Å²) in [5.74, 6) is -1.08. The van der Waals surface area contributed by atoms with E-state index in [1.807, 2.05) is 0 Å². The van der Waals surface area contributed by atoms with Gasteiger partial charge in [-0.05, 0) is 19.1 Å². The number of halogens is 1. The fourth-order valence-corrected chi connectivity index (χ4v) is 1.29. The first-order valence-corrected chi connectivity index (χ1v) is 5.35. The van der Waals surface area contributed by atoms with Crippen LogP contribution in [0.2, 0.25) is 0 Å². The Morgan fingerprint density at radius 2 is 2.22 bits per heavy atom. The molecule has 96 valence electrons. The molecule has 0 saturated heterocycles. The number of amides is 1. The van der Waals surface area contributed by atoms with Crippen LogP contribution >= 0.6 is 0 Å². The van der Waals surface area contributed by atoms with Crippen molar-refractivity contribution < 1.29 is 18.7 Å². The number of ether oxygens (including phenoxy) is 1. The lowest BCUT2D eigenvalue weighted by Crippen LogP contribution is -2.29. The summed E-state index contributed by atoms with van der Waals surface area (Å²) in [5.41, 5.74) is 0.243. The van der Waals surface area contributed by atoms with Crippen molar-refractivity contribution in [2.75, 3.05) is 13.2 Å². The van der Waals surface area contributed by atoms with E-state index in [2.05, 4.69) is 11.9 Å². The van der Waals surface area contributed by atoms with Crippen molar-refractivity contribution >= 4 is 11.7 Å². The number of carbonyl (C=O) groups is 2. The third kappa shape index (κ3) is 4.01. The maximum Gasteiger partial charge on any atom is 0.258 e. The Bertz CT molecular complexity index is 471. The largest absolute Gasteiger partial charge is 0.483 e. The van der Waals surface area contributed by atoms with Crippen molar-refractivity contribution in [3.05, 3.63) is 42.2 Å². The molecule has 4 nitrogen and oxygen atoms in total. The second-order valence-electron chi connectivity index (χ2n) is 3.58. The molecule has 0 heterocycles. The topological polar surface area (TPSA) is 55.4 Å². The van der Waals surface area contributed by atoms with Gasteiger partial charge in [0, 0.05) is 12.6 Å². The van der Waals surface area contributed by atoms with Crippen LogP contribution in [0.1, 0.15) is 17.3 Å². The number of Topliss-reactive ketones (excluding diaryl/α,β-unsaturated/α-hetero) is 1. The quantitative estimate of drug-likeness (QED) is 0.618. The number of carbonyl (C=O) groups excluding carboxylic acids is 2. The van der Waals surface area contributed by atoms with Gasteiger partial charge in [-0.2, -0.15) is 0 Å². The number of hydrogen-bond donors (Lipinski definition) is 1. The molecule has 0 aliphatic carbocycles. The van der Waals surface area contributed by atoms with Crippen molar-refractivity contribution in [3.8, 4) is 5.75 Å². The molecule has 0 fully saturated rings. The summed E-state index contributed by atoms with van der Waals surface area (Å²) in [7, 11) is 0. The highest BCUT2D eigenvalue weighted by molar-refractivity contribution is 5.96. The van der Waals surface area contributed by atoms with Crippen molar-refractivity contribution in [2.24, 2.45) is 0 Å². The molecule has 5 heteroatoms. The zero-order chi connectivity index (χ0) is 13.5. The molecule has 0 atom stereocenters. The van der Waals surface area contributed by atoms with E-state index in [1.54, 1.807) is 0 Å². The summed E-state index contributed by atoms with van der Waals surface area (Å²) in [6, 6.07) is 3.58. The first-order chi connectivity index (χ1) is 8.54. The van der Waals surface area contributed by atoms with Crippen LogP contribution in [0.4, 0.5) is 4.39 Å². The maximum atomic E-state index is 13.0. The van der Waals surface area contributed by atoms with E-state index in [9.17, 15) is 14.0 Å². The molecule has 0 aliphatic rings. The maximum absolute atomic E-state index is 13.0. The average Bonchev–Trinajstić information content (AvgIpc) is 2.33. The van der Waals surface area contributed by atoms with Crippen LogP contribution in [0, 0.1) is 5.82 Å². The minimum atomic E-state index is -0.526. The highest BCUT2D eigenvalue weighted by Crippen LogP contribution is 2.20. The SMILES string of the molecule is C=CCNC(=O)COc1cc(F)ccc1C(C)=O. The smallest absolute Gasteiger partial charge is 0.258 e. The third-order valence-corrected chi connectivity index (χ3v) is 2.13. The van der Waals surface area contributed by atoms with Gasteiger partial charge in [-0.1, -0.05) is 6.08 Å². The van der Waals surface area contributed by atoms with E-state index in [4.69, 9.17) is 4.74 Å². The number of rotatable bonds is 6. The van der Waals surface area contributed by atoms with Gasteiger partial charge in [-0.3, -0.25) is 9.59 Å². The molecule has 1 aromatic rings. The Morgan fingerprint density at radius 3 is 2.83 bits per heavy atom. The van der Waals surface area contributed by atoms with E-state index in [1.165, 1.54) is 25.1 Å². The number of benzene rings is 1. The van der Waals surface area contributed by atoms with Crippen molar-refractivity contribution in [1.82, 2.24) is 5.32 Å². The average molecular weight is 251 g/mol. The van der Waals surface area contributed by atoms with Gasteiger partial charge < -0.3 is 10.1 Å². The predicted octanol–water partition coefficient (Wildman–Crippen LogP) is 1.71. The monoisotopic (exact) mass is 251 g/mol. The molecule has 0 aromatic heterocycles. The molecular formula is C13H14FNO3. The van der Waals surface area contributed by atoms with Crippen LogP contribution in [0.3, 0.4) is 0 Å². The van der Waals surface area contributed by atoms with E-state index >= 15 is 0 Å². The van der Waals surface area contributed by atoms with Crippen LogP contribution in [0.5, 0.6) is 5.75 Å². The summed E-state index contributed by atoms with van der Waals surface area (Å²) >= 11 is 0. The molecule has 0 unspecified atom stereocenters. The molecule has 0 spiro atoms. The van der Waals surface area contributed by atoms with Gasteiger partial charge >= 0.3 is 0 Å². The van der Waals surface area contributed by atoms with Gasteiger partial charge in [0.2, 0.25) is 0 Å². The van der Waals surface area contributed by atoms with Gasteiger partial charge in [0.05, 0.1) is 5.56 Å². The van der Waals surface area contributed by atoms with Gasteiger partial charge in [0.1, 0.15) is 11.6 Å². The van der Waals surface area contributed by atoms with Crippen molar-refractivity contribution in [3.63, 3.8) is 0 Å². The molecule has 1 rings (SSSR count). The Balaban J connectivity index is 2.71. The molecule has 0 saturated carbocycles. The molecule has 0 radical (unpaired) electrons. The number of nitrogens with one attached hydrogen (secondary N) is 1. The summed E-state index contributed by atoms with van der Waals surface area (Å²) in [5, 5.41) is 2.51. The van der Waals surface area contributed by atoms with Crippen LogP contribution in [-0.4, -0.2) is 24.8 Å². The number of ketones is 1. The molecule has 0 aliphatic heterocycles. The predicted molar refractivity (Wildman–Crippen MR) is 65.1 cm³/mol. The van der Waals surface area contributed by atoms with Crippen molar-refractivity contribution in [2.45, 2.75) is 6.92 Å². The minimum Gasteiger partial charge on any atom is -0.483 e. The van der Waals surface area contributed by atoms with E-state index in [0.717, 1.165) is 6.07 Å². The lowest BCUT2D eigenvalue weighted by atomic mass is 10.1. The first kappa shape index (κ1) is 13.9. The fraction of sp³-hybridized carbons (Fsp3) is 0.231. The molecule has 1 aromatic carbocycles. The van der Waals surface area contributed by atoms with Crippen LogP contribution in [0.15, 0.2) is 30.9 Å². The minimum absolute atomic E-state index is 0.0660. The second kappa shape index (κ2) is 6.54. The summed E-state index contributed by atoms with van der Waals surface area (Å²) in [4.78, 5) is 22.6.